The molecule has 1 aromatic heterocycles. The van der Waals surface area contributed by atoms with Crippen LogP contribution in [-0.2, 0) is 6.54 Å². The summed E-state index contributed by atoms with van der Waals surface area (Å²) >= 11 is 5.98. The van der Waals surface area contributed by atoms with Gasteiger partial charge in [0.2, 0.25) is 0 Å². The molecule has 1 aromatic rings. The third-order valence-corrected chi connectivity index (χ3v) is 3.28. The van der Waals surface area contributed by atoms with Gasteiger partial charge in [-0.25, -0.2) is 0 Å². The van der Waals surface area contributed by atoms with E-state index in [1.54, 1.807) is 0 Å². The number of halogens is 1. The Labute approximate surface area is 90.3 Å². The molecular formula is C11H17ClN2. The van der Waals surface area contributed by atoms with Gasteiger partial charge in [0, 0.05) is 18.3 Å². The first kappa shape index (κ1) is 10.0. The van der Waals surface area contributed by atoms with E-state index in [0.29, 0.717) is 0 Å². The first-order valence-electron chi connectivity index (χ1n) is 5.42. The molecular weight excluding hydrogens is 196 g/mol. The van der Waals surface area contributed by atoms with Crippen molar-refractivity contribution < 1.29 is 0 Å². The molecule has 1 saturated carbocycles. The zero-order chi connectivity index (χ0) is 9.97. The van der Waals surface area contributed by atoms with Crippen LogP contribution in [0.2, 0.25) is 0 Å². The highest BCUT2D eigenvalue weighted by molar-refractivity contribution is 6.20. The highest BCUT2D eigenvalue weighted by Crippen LogP contribution is 2.26. The fourth-order valence-corrected chi connectivity index (χ4v) is 2.25. The predicted molar refractivity (Wildman–Crippen MR) is 58.5 cm³/mol. The molecule has 0 amide bonds. The highest BCUT2D eigenvalue weighted by Gasteiger charge is 2.16. The number of alkyl halides is 1. The van der Waals surface area contributed by atoms with E-state index in [1.807, 2.05) is 17.8 Å². The molecule has 0 saturated heterocycles. The highest BCUT2D eigenvalue weighted by atomic mass is 35.5. The lowest BCUT2D eigenvalue weighted by molar-refractivity contribution is 0.429. The van der Waals surface area contributed by atoms with Crippen molar-refractivity contribution >= 4 is 11.6 Å². The molecule has 0 spiro atoms. The van der Waals surface area contributed by atoms with Crippen molar-refractivity contribution in [3.05, 3.63) is 18.0 Å². The van der Waals surface area contributed by atoms with Gasteiger partial charge >= 0.3 is 0 Å². The van der Waals surface area contributed by atoms with Gasteiger partial charge in [-0.2, -0.15) is 5.10 Å². The van der Waals surface area contributed by atoms with E-state index >= 15 is 0 Å². The van der Waals surface area contributed by atoms with Crippen LogP contribution in [0.4, 0.5) is 0 Å². The van der Waals surface area contributed by atoms with Crippen LogP contribution in [0.3, 0.4) is 0 Å². The maximum Gasteiger partial charge on any atom is 0.0588 e. The van der Waals surface area contributed by atoms with Gasteiger partial charge in [-0.15, -0.1) is 11.6 Å². The summed E-state index contributed by atoms with van der Waals surface area (Å²) in [6.07, 6.45) is 9.48. The fourth-order valence-electron chi connectivity index (χ4n) is 2.14. The van der Waals surface area contributed by atoms with Crippen LogP contribution in [-0.4, -0.2) is 9.78 Å². The lowest BCUT2D eigenvalue weighted by Crippen LogP contribution is -2.07. The maximum absolute atomic E-state index is 5.98. The van der Waals surface area contributed by atoms with Crippen LogP contribution in [0, 0.1) is 5.92 Å². The fraction of sp³-hybridized carbons (Fsp3) is 0.727. The topological polar surface area (TPSA) is 17.8 Å². The molecule has 1 unspecified atom stereocenters. The van der Waals surface area contributed by atoms with Gasteiger partial charge in [0.05, 0.1) is 11.6 Å². The predicted octanol–water partition coefficient (Wildman–Crippen LogP) is 3.37. The van der Waals surface area contributed by atoms with Crippen molar-refractivity contribution in [1.29, 1.82) is 0 Å². The zero-order valence-corrected chi connectivity index (χ0v) is 9.37. The zero-order valence-electron chi connectivity index (χ0n) is 8.62. The minimum Gasteiger partial charge on any atom is -0.272 e. The van der Waals surface area contributed by atoms with E-state index in [9.17, 15) is 0 Å². The van der Waals surface area contributed by atoms with Crippen LogP contribution >= 0.6 is 11.6 Å². The van der Waals surface area contributed by atoms with Gasteiger partial charge in [-0.3, -0.25) is 4.68 Å². The molecule has 1 aliphatic rings. The first-order chi connectivity index (χ1) is 6.75. The summed E-state index contributed by atoms with van der Waals surface area (Å²) < 4.78 is 2.05. The Balaban J connectivity index is 1.95. The molecule has 0 bridgehead atoms. The lowest BCUT2D eigenvalue weighted by atomic mass is 10.1. The van der Waals surface area contributed by atoms with Gasteiger partial charge in [0.25, 0.3) is 0 Å². The molecule has 78 valence electrons. The summed E-state index contributed by atoms with van der Waals surface area (Å²) in [5, 5.41) is 4.41. The van der Waals surface area contributed by atoms with Gasteiger partial charge in [0.1, 0.15) is 0 Å². The monoisotopic (exact) mass is 212 g/mol. The normalized spacial score (nSPS) is 20.1. The summed E-state index contributed by atoms with van der Waals surface area (Å²) in [5.74, 6) is 0.841. The second kappa shape index (κ2) is 4.35. The van der Waals surface area contributed by atoms with Gasteiger partial charge in [-0.05, 0) is 25.7 Å². The van der Waals surface area contributed by atoms with Crippen molar-refractivity contribution in [3.8, 4) is 0 Å². The Kier molecular flexibility index (Phi) is 3.12. The smallest absolute Gasteiger partial charge is 0.0588 e. The molecule has 2 rings (SSSR count). The van der Waals surface area contributed by atoms with E-state index < -0.39 is 0 Å². The Morgan fingerprint density at radius 2 is 2.29 bits per heavy atom. The quantitative estimate of drug-likeness (QED) is 0.703. The second-order valence-corrected chi connectivity index (χ2v) is 4.92. The Morgan fingerprint density at radius 1 is 1.57 bits per heavy atom. The third-order valence-electron chi connectivity index (χ3n) is 3.03. The number of hydrogen-bond acceptors (Lipinski definition) is 1. The summed E-state index contributed by atoms with van der Waals surface area (Å²) in [6, 6.07) is 0. The number of nitrogens with zero attached hydrogens (tertiary/aromatic N) is 2. The van der Waals surface area contributed by atoms with Crippen LogP contribution in [0.25, 0.3) is 0 Å². The van der Waals surface area contributed by atoms with E-state index in [0.717, 1.165) is 18.0 Å². The van der Waals surface area contributed by atoms with Crippen LogP contribution in [0.1, 0.15) is 43.5 Å². The summed E-state index contributed by atoms with van der Waals surface area (Å²) in [4.78, 5) is 0. The van der Waals surface area contributed by atoms with E-state index in [2.05, 4.69) is 11.3 Å². The molecule has 3 heteroatoms. The number of aromatic nitrogens is 2. The third kappa shape index (κ3) is 2.30. The van der Waals surface area contributed by atoms with Crippen LogP contribution in [0.15, 0.2) is 12.4 Å². The van der Waals surface area contributed by atoms with Crippen LogP contribution in [0.5, 0.6) is 0 Å². The average molecular weight is 213 g/mol. The molecule has 0 N–H and O–H groups in total. The molecule has 1 aliphatic carbocycles. The molecule has 14 heavy (non-hydrogen) atoms. The minimum atomic E-state index is 0.0762. The SMILES string of the molecule is CC(Cl)c1cnn(CC2CCCC2)c1. The van der Waals surface area contributed by atoms with Crippen molar-refractivity contribution in [2.24, 2.45) is 5.92 Å². The van der Waals surface area contributed by atoms with E-state index in [-0.39, 0.29) is 5.38 Å². The molecule has 2 nitrogen and oxygen atoms in total. The van der Waals surface area contributed by atoms with Gasteiger partial charge in [-0.1, -0.05) is 12.8 Å². The number of rotatable bonds is 3. The summed E-state index contributed by atoms with van der Waals surface area (Å²) in [6.45, 7) is 3.06. The lowest BCUT2D eigenvalue weighted by Gasteiger charge is -2.08. The number of hydrogen-bond donors (Lipinski definition) is 0. The van der Waals surface area contributed by atoms with Crippen molar-refractivity contribution in [2.45, 2.75) is 44.5 Å². The minimum absolute atomic E-state index is 0.0762. The average Bonchev–Trinajstić information content (AvgIpc) is 2.75. The van der Waals surface area contributed by atoms with Crippen LogP contribution < -0.4 is 0 Å². The van der Waals surface area contributed by atoms with E-state index in [4.69, 9.17) is 11.6 Å². The Hall–Kier alpha value is -0.500. The molecule has 1 heterocycles. The summed E-state index contributed by atoms with van der Waals surface area (Å²) in [7, 11) is 0. The summed E-state index contributed by atoms with van der Waals surface area (Å²) in [5.41, 5.74) is 1.13. The van der Waals surface area contributed by atoms with Crippen molar-refractivity contribution in [2.75, 3.05) is 0 Å². The van der Waals surface area contributed by atoms with Crippen molar-refractivity contribution in [3.63, 3.8) is 0 Å². The van der Waals surface area contributed by atoms with E-state index in [1.165, 1.54) is 25.7 Å². The standard InChI is InChI=1S/C11H17ClN2/c1-9(12)11-6-13-14(8-11)7-10-4-2-3-5-10/h6,8-10H,2-5,7H2,1H3. The molecule has 0 aromatic carbocycles. The second-order valence-electron chi connectivity index (χ2n) is 4.26. The maximum atomic E-state index is 5.98. The molecule has 1 atom stereocenters. The first-order valence-corrected chi connectivity index (χ1v) is 5.86. The Morgan fingerprint density at radius 3 is 2.86 bits per heavy atom. The molecule has 1 fully saturated rings. The largest absolute Gasteiger partial charge is 0.272 e. The Bertz CT molecular complexity index is 287. The van der Waals surface area contributed by atoms with Gasteiger partial charge < -0.3 is 0 Å². The van der Waals surface area contributed by atoms with Gasteiger partial charge in [0.15, 0.2) is 0 Å². The van der Waals surface area contributed by atoms with Crippen molar-refractivity contribution in [1.82, 2.24) is 9.78 Å². The molecule has 0 radical (unpaired) electrons. The molecule has 0 aliphatic heterocycles.